The molecule has 0 radical (unpaired) electrons. The van der Waals surface area contributed by atoms with Gasteiger partial charge in [-0.2, -0.15) is 17.4 Å². The van der Waals surface area contributed by atoms with E-state index in [9.17, 15) is 22.0 Å². The molecule has 1 fully saturated rings. The van der Waals surface area contributed by atoms with Crippen LogP contribution < -0.4 is 10.0 Å². The van der Waals surface area contributed by atoms with E-state index in [2.05, 4.69) is 10.0 Å². The average Bonchev–Trinajstić information content (AvgIpc) is 2.78. The Morgan fingerprint density at radius 3 is 2.53 bits per heavy atom. The average molecular weight is 526 g/mol. The predicted molar refractivity (Wildman–Crippen MR) is 128 cm³/mol. The zero-order chi connectivity index (χ0) is 24.6. The summed E-state index contributed by atoms with van der Waals surface area (Å²) in [6.45, 7) is 0. The van der Waals surface area contributed by atoms with Gasteiger partial charge in [0, 0.05) is 24.3 Å². The van der Waals surface area contributed by atoms with Crippen LogP contribution in [0.4, 0.5) is 14.5 Å². The lowest BCUT2D eigenvalue weighted by molar-refractivity contribution is -0.120. The van der Waals surface area contributed by atoms with Gasteiger partial charge in [-0.3, -0.25) is 4.79 Å². The van der Waals surface area contributed by atoms with Gasteiger partial charge >= 0.3 is 0 Å². The summed E-state index contributed by atoms with van der Waals surface area (Å²) < 4.78 is 56.0. The first-order chi connectivity index (χ1) is 16.0. The number of carbonyl (C=O) groups is 1. The second-order valence-electron chi connectivity index (χ2n) is 7.81. The molecule has 34 heavy (non-hydrogen) atoms. The molecule has 178 valence electrons. The number of amides is 1. The first-order valence-corrected chi connectivity index (χ1v) is 12.3. The number of rotatable bonds is 4. The lowest BCUT2D eigenvalue weighted by Gasteiger charge is -2.36. The van der Waals surface area contributed by atoms with Crippen LogP contribution in [-0.2, 0) is 15.0 Å². The zero-order valence-corrected chi connectivity index (χ0v) is 20.1. The molecule has 1 amide bonds. The van der Waals surface area contributed by atoms with E-state index in [1.165, 1.54) is 31.3 Å². The zero-order valence-electron chi connectivity index (χ0n) is 17.7. The number of hydrogen-bond acceptors (Lipinski definition) is 3. The number of hydrogen-bond donors (Lipinski definition) is 2. The number of carbonyl (C=O) groups excluding carboxylic acids is 1. The Kier molecular flexibility index (Phi) is 6.93. The molecular weight excluding hydrogens is 507 g/mol. The smallest absolute Gasteiger partial charge is 0.280 e. The molecule has 0 aromatic heterocycles. The molecule has 3 aromatic carbocycles. The second kappa shape index (κ2) is 9.59. The molecule has 0 aliphatic carbocycles. The summed E-state index contributed by atoms with van der Waals surface area (Å²) in [7, 11) is -2.69. The van der Waals surface area contributed by atoms with E-state index >= 15 is 0 Å². The number of likely N-dealkylation sites (N-methyl/N-ethyl adjacent to an activating group) is 1. The molecule has 1 saturated heterocycles. The fraction of sp³-hybridized carbons (Fsp3) is 0.174. The minimum Gasteiger partial charge on any atom is -0.325 e. The molecule has 4 rings (SSSR count). The highest BCUT2D eigenvalue weighted by Gasteiger charge is 2.40. The van der Waals surface area contributed by atoms with Crippen LogP contribution in [0.1, 0.15) is 18.0 Å². The van der Waals surface area contributed by atoms with Gasteiger partial charge in [-0.05, 0) is 60.0 Å². The van der Waals surface area contributed by atoms with Gasteiger partial charge in [0.05, 0.1) is 10.0 Å². The van der Waals surface area contributed by atoms with E-state index < -0.39 is 39.8 Å². The standard InChI is InChI=1S/C23H19Cl2F2N3O3S/c1-30-22(23(31)28-16-6-8-20(27)19(25)11-16)12-21(29-34(30,32)33)14-4-2-3-13(9-14)17-7-5-15(26)10-18(17)24/h2-11,21-22,29H,12H2,1H3,(H,28,31)/t21-,22+/m1/s1. The first-order valence-electron chi connectivity index (χ1n) is 10.1. The van der Waals surface area contributed by atoms with Gasteiger partial charge in [-0.15, -0.1) is 0 Å². The highest BCUT2D eigenvalue weighted by Crippen LogP contribution is 2.33. The van der Waals surface area contributed by atoms with Crippen molar-refractivity contribution in [3.8, 4) is 11.1 Å². The summed E-state index contributed by atoms with van der Waals surface area (Å²) in [6.07, 6.45) is 0.122. The highest BCUT2D eigenvalue weighted by molar-refractivity contribution is 7.87. The van der Waals surface area contributed by atoms with Crippen molar-refractivity contribution in [1.82, 2.24) is 9.03 Å². The maximum Gasteiger partial charge on any atom is 0.280 e. The first kappa shape index (κ1) is 24.6. The third kappa shape index (κ3) is 5.08. The third-order valence-electron chi connectivity index (χ3n) is 5.59. The van der Waals surface area contributed by atoms with E-state index in [1.54, 1.807) is 30.3 Å². The molecule has 0 bridgehead atoms. The third-order valence-corrected chi connectivity index (χ3v) is 7.79. The summed E-state index contributed by atoms with van der Waals surface area (Å²) >= 11 is 12.0. The molecule has 11 heteroatoms. The van der Waals surface area contributed by atoms with Crippen LogP contribution in [0.15, 0.2) is 60.7 Å². The number of nitrogens with one attached hydrogen (secondary N) is 2. The Morgan fingerprint density at radius 1 is 1.06 bits per heavy atom. The van der Waals surface area contributed by atoms with Crippen LogP contribution >= 0.6 is 23.2 Å². The van der Waals surface area contributed by atoms with Crippen molar-refractivity contribution >= 4 is 45.0 Å². The maximum atomic E-state index is 13.4. The summed E-state index contributed by atoms with van der Waals surface area (Å²) in [4.78, 5) is 13.0. The highest BCUT2D eigenvalue weighted by atomic mass is 35.5. The van der Waals surface area contributed by atoms with Gasteiger partial charge in [0.2, 0.25) is 5.91 Å². The molecule has 2 atom stereocenters. The van der Waals surface area contributed by atoms with Gasteiger partial charge in [0.25, 0.3) is 10.2 Å². The van der Waals surface area contributed by atoms with E-state index in [0.29, 0.717) is 16.7 Å². The van der Waals surface area contributed by atoms with Crippen LogP contribution in [0.5, 0.6) is 0 Å². The monoisotopic (exact) mass is 525 g/mol. The van der Waals surface area contributed by atoms with E-state index in [-0.39, 0.29) is 22.2 Å². The Morgan fingerprint density at radius 2 is 1.82 bits per heavy atom. The molecule has 1 aliphatic rings. The number of anilines is 1. The molecule has 3 aromatic rings. The van der Waals surface area contributed by atoms with Gasteiger partial charge in [-0.25, -0.2) is 8.78 Å². The van der Waals surface area contributed by atoms with Gasteiger partial charge in [-0.1, -0.05) is 41.4 Å². The molecule has 6 nitrogen and oxygen atoms in total. The Bertz CT molecular complexity index is 1370. The van der Waals surface area contributed by atoms with Crippen molar-refractivity contribution in [1.29, 1.82) is 0 Å². The summed E-state index contributed by atoms with van der Waals surface area (Å²) in [5.41, 5.74) is 2.10. The van der Waals surface area contributed by atoms with Gasteiger partial charge in [0.15, 0.2) is 0 Å². The lowest BCUT2D eigenvalue weighted by Crippen LogP contribution is -2.55. The van der Waals surface area contributed by atoms with Crippen molar-refractivity contribution in [2.45, 2.75) is 18.5 Å². The molecule has 0 unspecified atom stereocenters. The lowest BCUT2D eigenvalue weighted by atomic mass is 9.95. The fourth-order valence-corrected chi connectivity index (χ4v) is 5.50. The molecule has 2 N–H and O–H groups in total. The van der Waals surface area contributed by atoms with Crippen molar-refractivity contribution in [2.24, 2.45) is 0 Å². The van der Waals surface area contributed by atoms with Crippen LogP contribution in [0.2, 0.25) is 10.0 Å². The number of benzene rings is 3. The van der Waals surface area contributed by atoms with Crippen molar-refractivity contribution in [3.05, 3.63) is 87.9 Å². The maximum absolute atomic E-state index is 13.4. The van der Waals surface area contributed by atoms with Crippen molar-refractivity contribution in [2.75, 3.05) is 12.4 Å². The Balaban J connectivity index is 1.62. The number of nitrogens with zero attached hydrogens (tertiary/aromatic N) is 1. The van der Waals surface area contributed by atoms with Gasteiger partial charge < -0.3 is 5.32 Å². The molecule has 1 heterocycles. The predicted octanol–water partition coefficient (Wildman–Crippen LogP) is 5.16. The Labute approximate surface area is 205 Å². The van der Waals surface area contributed by atoms with E-state index in [0.717, 1.165) is 10.4 Å². The van der Waals surface area contributed by atoms with Crippen LogP contribution in [0.25, 0.3) is 11.1 Å². The summed E-state index contributed by atoms with van der Waals surface area (Å²) in [5, 5.41) is 2.64. The van der Waals surface area contributed by atoms with E-state index in [4.69, 9.17) is 23.2 Å². The minimum absolute atomic E-state index is 0.122. The van der Waals surface area contributed by atoms with Gasteiger partial charge in [0.1, 0.15) is 17.7 Å². The summed E-state index contributed by atoms with van der Waals surface area (Å²) in [6, 6.07) is 12.9. The molecule has 0 saturated carbocycles. The normalized spacial score (nSPS) is 20.1. The molecule has 0 spiro atoms. The summed E-state index contributed by atoms with van der Waals surface area (Å²) in [5.74, 6) is -1.69. The van der Waals surface area contributed by atoms with Crippen LogP contribution in [-0.4, -0.2) is 31.7 Å². The molecular formula is C23H19Cl2F2N3O3S. The largest absolute Gasteiger partial charge is 0.325 e. The van der Waals surface area contributed by atoms with Crippen LogP contribution in [0.3, 0.4) is 0 Å². The van der Waals surface area contributed by atoms with Crippen molar-refractivity contribution in [3.63, 3.8) is 0 Å². The fourth-order valence-electron chi connectivity index (χ4n) is 3.77. The number of halogens is 4. The molecule has 1 aliphatic heterocycles. The minimum atomic E-state index is -3.99. The van der Waals surface area contributed by atoms with Crippen molar-refractivity contribution < 1.29 is 22.0 Å². The van der Waals surface area contributed by atoms with E-state index in [1.807, 2.05) is 0 Å². The Hall–Kier alpha value is -2.56. The second-order valence-corrected chi connectivity index (χ2v) is 10.4. The topological polar surface area (TPSA) is 78.5 Å². The SMILES string of the molecule is CN1[C@H](C(=O)Nc2ccc(F)c(Cl)c2)C[C@H](c2cccc(-c3ccc(F)cc3Cl)c2)NS1(=O)=O. The quantitative estimate of drug-likeness (QED) is 0.493. The van der Waals surface area contributed by atoms with Crippen LogP contribution in [0, 0.1) is 11.6 Å².